The number of ether oxygens (including phenoxy) is 3. The van der Waals surface area contributed by atoms with E-state index in [4.69, 9.17) is 24.9 Å². The zero-order chi connectivity index (χ0) is 30.8. The molecule has 4 aliphatic rings. The van der Waals surface area contributed by atoms with Gasteiger partial charge in [-0.05, 0) is 88.1 Å². The average Bonchev–Trinajstić information content (AvgIpc) is 3.40. The van der Waals surface area contributed by atoms with Gasteiger partial charge in [0.2, 0.25) is 0 Å². The van der Waals surface area contributed by atoms with E-state index in [-0.39, 0.29) is 29.8 Å². The third-order valence-electron chi connectivity index (χ3n) is 10.5. The maximum atomic E-state index is 6.81. The molecule has 3 aromatic heterocycles. The van der Waals surface area contributed by atoms with Crippen molar-refractivity contribution in [2.75, 3.05) is 5.73 Å². The number of nitrogens with two attached hydrogens (primary N) is 1. The molecule has 5 atom stereocenters. The van der Waals surface area contributed by atoms with Crippen LogP contribution in [0.3, 0.4) is 0 Å². The van der Waals surface area contributed by atoms with Crippen LogP contribution in [0.15, 0.2) is 36.7 Å². The molecule has 4 aromatic rings. The summed E-state index contributed by atoms with van der Waals surface area (Å²) in [7, 11) is 0. The van der Waals surface area contributed by atoms with E-state index in [0.717, 1.165) is 40.9 Å². The Balaban J connectivity index is 0.959. The summed E-state index contributed by atoms with van der Waals surface area (Å²) in [6.45, 7) is 15.4. The molecule has 4 fully saturated rings. The minimum absolute atomic E-state index is 0.0565. The number of nitrogens with one attached hydrogen (secondary N) is 1. The molecule has 2 aliphatic carbocycles. The van der Waals surface area contributed by atoms with Crippen molar-refractivity contribution >= 4 is 22.4 Å². The lowest BCUT2D eigenvalue weighted by atomic mass is 9.76. The first-order chi connectivity index (χ1) is 20.9. The van der Waals surface area contributed by atoms with Gasteiger partial charge in [-0.3, -0.25) is 4.90 Å². The predicted molar refractivity (Wildman–Crippen MR) is 168 cm³/mol. The predicted octanol–water partition coefficient (Wildman–Crippen LogP) is 5.32. The molecule has 8 rings (SSSR count). The highest BCUT2D eigenvalue weighted by atomic mass is 16.8. The number of nitrogens with zero attached hydrogens (tertiary/aromatic N) is 5. The Kier molecular flexibility index (Phi) is 6.13. The van der Waals surface area contributed by atoms with Gasteiger partial charge in [0.15, 0.2) is 11.6 Å². The number of imidazole rings is 1. The number of hydrogen-bond acceptors (Lipinski definition) is 8. The first-order valence-electron chi connectivity index (χ1n) is 16.2. The SMILES string of the molecule is CC(C)N(C1CC(CCc2nc3ccc(C(C)(C)C)cc3[nH]2)C1)C1[C@H]2O[C@@H](c3ccc4c(N)ncnn34)[C@@H]3OC(C)(C)O[C@]123. The Morgan fingerprint density at radius 2 is 1.93 bits per heavy atom. The Morgan fingerprint density at radius 3 is 2.68 bits per heavy atom. The number of nitrogen functional groups attached to an aromatic ring is 1. The molecule has 2 saturated heterocycles. The second-order valence-electron chi connectivity index (χ2n) is 15.3. The molecule has 3 N–H and O–H groups in total. The zero-order valence-corrected chi connectivity index (χ0v) is 26.9. The van der Waals surface area contributed by atoms with Gasteiger partial charge in [0.1, 0.15) is 41.6 Å². The highest BCUT2D eigenvalue weighted by molar-refractivity contribution is 5.76. The van der Waals surface area contributed by atoms with Crippen LogP contribution in [0.25, 0.3) is 16.6 Å². The highest BCUT2D eigenvalue weighted by Gasteiger charge is 2.85. The third kappa shape index (κ3) is 4.25. The number of rotatable bonds is 7. The molecule has 0 bridgehead atoms. The molecule has 10 heteroatoms. The van der Waals surface area contributed by atoms with E-state index in [2.05, 4.69) is 72.8 Å². The molecule has 234 valence electrons. The van der Waals surface area contributed by atoms with Crippen LogP contribution in [0.5, 0.6) is 0 Å². The van der Waals surface area contributed by atoms with Crippen LogP contribution in [0.2, 0.25) is 0 Å². The first-order valence-corrected chi connectivity index (χ1v) is 16.2. The molecule has 1 aromatic carbocycles. The number of aryl methyl sites for hydroxylation is 1. The van der Waals surface area contributed by atoms with Crippen molar-refractivity contribution in [3.8, 4) is 0 Å². The molecule has 10 nitrogen and oxygen atoms in total. The summed E-state index contributed by atoms with van der Waals surface area (Å²) in [5, 5.41) is 4.47. The molecular formula is C34H45N7O3. The third-order valence-corrected chi connectivity index (χ3v) is 10.5. The maximum Gasteiger partial charge on any atom is 0.164 e. The normalized spacial score (nSPS) is 32.5. The average molecular weight is 600 g/mol. The van der Waals surface area contributed by atoms with Gasteiger partial charge < -0.3 is 24.9 Å². The standard InChI is InChI=1S/C34H45N7O3/c1-18(2)40(21-14-19(15-21)8-13-26-38-22-10-9-20(32(3,4)5)16-23(22)39-26)28-30-34(28)29(43-33(6,7)44-34)27(42-30)24-11-12-25-31(35)36-17-37-41(24)25/h9-12,16-19,21,27-30H,8,13-15H2,1-7H3,(H,38,39)(H2,35,36,37)/t19?,21?,27-,28?,29-,30+,34-/m0/s1. The molecule has 0 amide bonds. The number of benzene rings is 1. The first kappa shape index (κ1) is 28.4. The topological polar surface area (TPSA) is 116 Å². The zero-order valence-electron chi connectivity index (χ0n) is 26.9. The van der Waals surface area contributed by atoms with E-state index in [9.17, 15) is 0 Å². The number of aromatic amines is 1. The summed E-state index contributed by atoms with van der Waals surface area (Å²) in [5.74, 6) is 1.55. The van der Waals surface area contributed by atoms with Gasteiger partial charge in [-0.2, -0.15) is 5.10 Å². The minimum atomic E-state index is -0.689. The van der Waals surface area contributed by atoms with E-state index in [0.29, 0.717) is 23.8 Å². The van der Waals surface area contributed by atoms with Crippen molar-refractivity contribution in [1.82, 2.24) is 29.5 Å². The summed E-state index contributed by atoms with van der Waals surface area (Å²) >= 11 is 0. The van der Waals surface area contributed by atoms with Gasteiger partial charge in [0.05, 0.1) is 22.8 Å². The maximum absolute atomic E-state index is 6.81. The second kappa shape index (κ2) is 9.48. The molecular weight excluding hydrogens is 554 g/mol. The molecule has 5 heterocycles. The van der Waals surface area contributed by atoms with Gasteiger partial charge >= 0.3 is 0 Å². The van der Waals surface area contributed by atoms with Crippen molar-refractivity contribution in [3.05, 3.63) is 53.7 Å². The van der Waals surface area contributed by atoms with E-state index >= 15 is 0 Å². The van der Waals surface area contributed by atoms with E-state index in [1.54, 1.807) is 0 Å². The molecule has 1 unspecified atom stereocenters. The number of H-pyrrole nitrogens is 1. The number of anilines is 1. The number of fused-ring (bicyclic) bond motifs is 2. The van der Waals surface area contributed by atoms with Crippen LogP contribution in [0.1, 0.15) is 90.9 Å². The summed E-state index contributed by atoms with van der Waals surface area (Å²) in [6, 6.07) is 11.6. The van der Waals surface area contributed by atoms with Crippen LogP contribution in [0, 0.1) is 5.92 Å². The fraction of sp³-hybridized carbons (Fsp3) is 0.618. The van der Waals surface area contributed by atoms with Crippen molar-refractivity contribution in [2.24, 2.45) is 5.92 Å². The smallest absolute Gasteiger partial charge is 0.164 e. The van der Waals surface area contributed by atoms with Crippen molar-refractivity contribution in [2.45, 2.75) is 127 Å². The van der Waals surface area contributed by atoms with Crippen molar-refractivity contribution < 1.29 is 14.2 Å². The summed E-state index contributed by atoms with van der Waals surface area (Å²) in [5.41, 5.74) is 11.0. The van der Waals surface area contributed by atoms with Crippen LogP contribution < -0.4 is 5.73 Å². The van der Waals surface area contributed by atoms with Crippen LogP contribution >= 0.6 is 0 Å². The quantitative estimate of drug-likeness (QED) is 0.293. The molecule has 44 heavy (non-hydrogen) atoms. The second-order valence-corrected chi connectivity index (χ2v) is 15.3. The van der Waals surface area contributed by atoms with Crippen LogP contribution in [0.4, 0.5) is 5.82 Å². The minimum Gasteiger partial charge on any atom is -0.382 e. The Morgan fingerprint density at radius 1 is 1.14 bits per heavy atom. The van der Waals surface area contributed by atoms with Gasteiger partial charge in [0.25, 0.3) is 0 Å². The number of hydrogen-bond donors (Lipinski definition) is 2. The van der Waals surface area contributed by atoms with E-state index in [1.807, 2.05) is 30.5 Å². The van der Waals surface area contributed by atoms with Gasteiger partial charge in [-0.25, -0.2) is 14.5 Å². The van der Waals surface area contributed by atoms with E-state index in [1.165, 1.54) is 24.7 Å². The monoisotopic (exact) mass is 599 g/mol. The lowest BCUT2D eigenvalue weighted by Crippen LogP contribution is -2.53. The molecule has 2 aliphatic heterocycles. The Labute approximate surface area is 258 Å². The molecule has 2 saturated carbocycles. The lowest BCUT2D eigenvalue weighted by molar-refractivity contribution is -0.176. The van der Waals surface area contributed by atoms with Crippen LogP contribution in [-0.4, -0.2) is 71.2 Å². The summed E-state index contributed by atoms with van der Waals surface area (Å²) in [6.07, 6.45) is 5.40. The van der Waals surface area contributed by atoms with Crippen molar-refractivity contribution in [3.63, 3.8) is 0 Å². The van der Waals surface area contributed by atoms with E-state index < -0.39 is 11.4 Å². The van der Waals surface area contributed by atoms with Gasteiger partial charge in [-0.1, -0.05) is 26.8 Å². The fourth-order valence-corrected chi connectivity index (χ4v) is 8.34. The summed E-state index contributed by atoms with van der Waals surface area (Å²) in [4.78, 5) is 15.3. The van der Waals surface area contributed by atoms with Crippen LogP contribution in [-0.2, 0) is 26.0 Å². The lowest BCUT2D eigenvalue weighted by Gasteiger charge is -2.46. The van der Waals surface area contributed by atoms with Gasteiger partial charge in [0, 0.05) is 18.5 Å². The molecule has 1 spiro atoms. The fourth-order valence-electron chi connectivity index (χ4n) is 8.34. The highest BCUT2D eigenvalue weighted by Crippen LogP contribution is 2.66. The molecule has 0 radical (unpaired) electrons. The number of aromatic nitrogens is 5. The van der Waals surface area contributed by atoms with Crippen molar-refractivity contribution in [1.29, 1.82) is 0 Å². The largest absolute Gasteiger partial charge is 0.382 e. The summed E-state index contributed by atoms with van der Waals surface area (Å²) < 4.78 is 22.0. The Hall–Kier alpha value is -3.05. The Bertz CT molecular complexity index is 1730. The van der Waals surface area contributed by atoms with Gasteiger partial charge in [-0.15, -0.1) is 0 Å².